The summed E-state index contributed by atoms with van der Waals surface area (Å²) >= 11 is 1.47. The Kier molecular flexibility index (Phi) is 5.73. The molecule has 2 aromatic carbocycles. The normalized spacial score (nSPS) is 14.4. The Hall–Kier alpha value is -3.26. The van der Waals surface area contributed by atoms with Gasteiger partial charge in [0.15, 0.2) is 0 Å². The van der Waals surface area contributed by atoms with Gasteiger partial charge in [-0.1, -0.05) is 0 Å². The zero-order chi connectivity index (χ0) is 23.0. The molecule has 4 rings (SSSR count). The van der Waals surface area contributed by atoms with E-state index in [1.807, 2.05) is 16.9 Å². The summed E-state index contributed by atoms with van der Waals surface area (Å²) in [5, 5.41) is 11.3. The van der Waals surface area contributed by atoms with Gasteiger partial charge in [-0.25, -0.2) is 9.18 Å². The van der Waals surface area contributed by atoms with Gasteiger partial charge in [0.1, 0.15) is 22.9 Å². The predicted octanol–water partition coefficient (Wildman–Crippen LogP) is 4.81. The highest BCUT2D eigenvalue weighted by atomic mass is 32.2. The molecule has 1 aliphatic rings. The lowest BCUT2D eigenvalue weighted by atomic mass is 10.0. The number of thioether (sulfide) groups is 1. The van der Waals surface area contributed by atoms with Crippen LogP contribution in [-0.4, -0.2) is 33.5 Å². The Bertz CT molecular complexity index is 1200. The number of benzene rings is 2. The van der Waals surface area contributed by atoms with E-state index < -0.39 is 17.6 Å². The number of rotatable bonds is 6. The Morgan fingerprint density at radius 1 is 1.09 bits per heavy atom. The molecular formula is C24H22FNO5S. The third kappa shape index (κ3) is 4.10. The molecule has 0 saturated carbocycles. The van der Waals surface area contributed by atoms with E-state index in [-0.39, 0.29) is 23.5 Å². The van der Waals surface area contributed by atoms with Crippen molar-refractivity contribution >= 4 is 23.5 Å². The number of nitrogens with zero attached hydrogens (tertiary/aromatic N) is 1. The number of fused-ring (bicyclic) bond motifs is 1. The number of phenols is 1. The summed E-state index contributed by atoms with van der Waals surface area (Å²) in [7, 11) is 0. The molecule has 0 saturated heterocycles. The average molecular weight is 456 g/mol. The van der Waals surface area contributed by atoms with Crippen LogP contribution >= 0.6 is 11.8 Å². The van der Waals surface area contributed by atoms with E-state index in [1.54, 1.807) is 26.0 Å². The third-order valence-electron chi connectivity index (χ3n) is 5.22. The van der Waals surface area contributed by atoms with Crippen molar-refractivity contribution in [3.63, 3.8) is 0 Å². The second-order valence-electron chi connectivity index (χ2n) is 7.83. The Morgan fingerprint density at radius 2 is 1.81 bits per heavy atom. The van der Waals surface area contributed by atoms with Crippen LogP contribution in [0.2, 0.25) is 0 Å². The molecule has 0 radical (unpaired) electrons. The number of ketones is 1. The number of carbonyl (C=O) groups excluding carboxylic acids is 2. The van der Waals surface area contributed by atoms with Crippen LogP contribution in [0, 0.1) is 5.82 Å². The maximum atomic E-state index is 13.3. The number of carbonyl (C=O) groups is 2. The smallest absolute Gasteiger partial charge is 0.345 e. The van der Waals surface area contributed by atoms with Crippen LogP contribution < -0.4 is 4.74 Å². The van der Waals surface area contributed by atoms with Crippen LogP contribution in [0.4, 0.5) is 4.39 Å². The largest absolute Gasteiger partial charge is 0.508 e. The van der Waals surface area contributed by atoms with Crippen LogP contribution in [0.25, 0.3) is 0 Å². The zero-order valence-corrected chi connectivity index (χ0v) is 18.7. The number of phenolic OH excluding ortho intramolecular Hbond substituents is 1. The number of hydrogen-bond donors (Lipinski definition) is 1. The summed E-state index contributed by atoms with van der Waals surface area (Å²) in [6, 6.07) is 12.0. The molecular weight excluding hydrogens is 433 g/mol. The number of ether oxygens (including phenoxy) is 2. The minimum absolute atomic E-state index is 0.0479. The van der Waals surface area contributed by atoms with Crippen LogP contribution in [0.15, 0.2) is 53.6 Å². The maximum Gasteiger partial charge on any atom is 0.345 e. The molecule has 0 bridgehead atoms. The molecule has 32 heavy (non-hydrogen) atoms. The van der Waals surface area contributed by atoms with E-state index in [1.165, 1.54) is 42.1 Å². The Labute approximate surface area is 189 Å². The minimum Gasteiger partial charge on any atom is -0.508 e. The van der Waals surface area contributed by atoms with Gasteiger partial charge in [0.2, 0.25) is 11.6 Å². The van der Waals surface area contributed by atoms with E-state index in [4.69, 9.17) is 9.47 Å². The maximum absolute atomic E-state index is 13.3. The zero-order valence-electron chi connectivity index (χ0n) is 17.8. The van der Waals surface area contributed by atoms with Crippen molar-refractivity contribution in [1.82, 2.24) is 4.57 Å². The number of cyclic esters (lactones) is 1. The van der Waals surface area contributed by atoms with Gasteiger partial charge in [-0.15, -0.1) is 11.8 Å². The van der Waals surface area contributed by atoms with Crippen molar-refractivity contribution < 1.29 is 28.6 Å². The number of esters is 1. The van der Waals surface area contributed by atoms with Gasteiger partial charge in [0.25, 0.3) is 0 Å². The van der Waals surface area contributed by atoms with Crippen molar-refractivity contribution in [3.05, 3.63) is 76.7 Å². The lowest BCUT2D eigenvalue weighted by molar-refractivity contribution is -0.127. The van der Waals surface area contributed by atoms with Crippen LogP contribution in [0.5, 0.6) is 11.5 Å². The lowest BCUT2D eigenvalue weighted by Crippen LogP contribution is -2.39. The standard InChI is InChI=1S/C24H22FNO5S/c1-24(2)30-19-10-9-18(27)16(21(19)23(29)31-24)12-13-26-17(8-11-20(26)32-3)22(28)14-4-6-15(25)7-5-14/h4-11,27H,12-13H2,1-3H3. The van der Waals surface area contributed by atoms with Crippen molar-refractivity contribution in [2.45, 2.75) is 37.6 Å². The highest BCUT2D eigenvalue weighted by Crippen LogP contribution is 2.37. The molecule has 0 aliphatic carbocycles. The second kappa shape index (κ2) is 8.35. The van der Waals surface area contributed by atoms with Crippen molar-refractivity contribution in [1.29, 1.82) is 0 Å². The SMILES string of the molecule is CSc1ccc(C(=O)c2ccc(F)cc2)n1CCc1c(O)ccc2c1C(=O)OC(C)(C)O2. The monoisotopic (exact) mass is 455 g/mol. The van der Waals surface area contributed by atoms with Gasteiger partial charge in [-0.05, 0) is 61.2 Å². The highest BCUT2D eigenvalue weighted by Gasteiger charge is 2.36. The summed E-state index contributed by atoms with van der Waals surface area (Å²) in [6.45, 7) is 3.60. The van der Waals surface area contributed by atoms with Gasteiger partial charge >= 0.3 is 5.97 Å². The Morgan fingerprint density at radius 3 is 2.50 bits per heavy atom. The lowest BCUT2D eigenvalue weighted by Gasteiger charge is -2.32. The van der Waals surface area contributed by atoms with Gasteiger partial charge in [-0.2, -0.15) is 0 Å². The van der Waals surface area contributed by atoms with Gasteiger partial charge in [0, 0.05) is 31.5 Å². The molecule has 1 aromatic heterocycles. The van der Waals surface area contributed by atoms with E-state index in [9.17, 15) is 19.1 Å². The highest BCUT2D eigenvalue weighted by molar-refractivity contribution is 7.98. The van der Waals surface area contributed by atoms with E-state index in [0.717, 1.165) is 5.03 Å². The summed E-state index contributed by atoms with van der Waals surface area (Å²) < 4.78 is 26.2. The molecule has 0 atom stereocenters. The van der Waals surface area contributed by atoms with Crippen molar-refractivity contribution in [2.75, 3.05) is 6.26 Å². The summed E-state index contributed by atoms with van der Waals surface area (Å²) in [5.74, 6) is -2.02. The number of halogens is 1. The molecule has 8 heteroatoms. The fraction of sp³-hybridized carbons (Fsp3) is 0.250. The molecule has 1 N–H and O–H groups in total. The van der Waals surface area contributed by atoms with Gasteiger partial charge in [-0.3, -0.25) is 4.79 Å². The number of hydrogen-bond acceptors (Lipinski definition) is 6. The van der Waals surface area contributed by atoms with Crippen molar-refractivity contribution in [3.8, 4) is 11.5 Å². The van der Waals surface area contributed by atoms with Crippen LogP contribution in [-0.2, 0) is 17.7 Å². The molecule has 2 heterocycles. The quantitative estimate of drug-likeness (QED) is 0.326. The first-order valence-corrected chi connectivity index (χ1v) is 11.2. The summed E-state index contributed by atoms with van der Waals surface area (Å²) in [6.07, 6.45) is 2.16. The third-order valence-corrected chi connectivity index (χ3v) is 6.00. The number of aromatic hydroxyl groups is 1. The minimum atomic E-state index is -1.10. The summed E-state index contributed by atoms with van der Waals surface area (Å²) in [4.78, 5) is 25.7. The first-order chi connectivity index (χ1) is 15.2. The van der Waals surface area contributed by atoms with E-state index >= 15 is 0 Å². The van der Waals surface area contributed by atoms with Crippen LogP contribution in [0.3, 0.4) is 0 Å². The first-order valence-electron chi connectivity index (χ1n) is 10.0. The molecule has 6 nitrogen and oxygen atoms in total. The Balaban J connectivity index is 1.67. The molecule has 0 fully saturated rings. The topological polar surface area (TPSA) is 77.8 Å². The molecule has 3 aromatic rings. The molecule has 0 amide bonds. The molecule has 166 valence electrons. The van der Waals surface area contributed by atoms with Gasteiger partial charge in [0.05, 0.1) is 10.7 Å². The van der Waals surface area contributed by atoms with Crippen LogP contribution in [0.1, 0.15) is 45.8 Å². The second-order valence-corrected chi connectivity index (χ2v) is 8.65. The van der Waals surface area contributed by atoms with Crippen molar-refractivity contribution in [2.24, 2.45) is 0 Å². The first kappa shape index (κ1) is 22.0. The average Bonchev–Trinajstić information content (AvgIpc) is 3.15. The van der Waals surface area contributed by atoms with E-state index in [0.29, 0.717) is 29.1 Å². The predicted molar refractivity (Wildman–Crippen MR) is 118 cm³/mol. The molecule has 1 aliphatic heterocycles. The van der Waals surface area contributed by atoms with Gasteiger partial charge < -0.3 is 19.1 Å². The fourth-order valence-corrected chi connectivity index (χ4v) is 4.38. The number of aromatic nitrogens is 1. The summed E-state index contributed by atoms with van der Waals surface area (Å²) in [5.41, 5.74) is 1.39. The fourth-order valence-electron chi connectivity index (χ4n) is 3.77. The van der Waals surface area contributed by atoms with E-state index in [2.05, 4.69) is 0 Å². The molecule has 0 spiro atoms. The molecule has 0 unspecified atom stereocenters.